The Balaban J connectivity index is 1.32. The molecule has 2 aliphatic heterocycles. The van der Waals surface area contributed by atoms with Gasteiger partial charge in [-0.15, -0.1) is 0 Å². The summed E-state index contributed by atoms with van der Waals surface area (Å²) in [5, 5.41) is 2.36. The topological polar surface area (TPSA) is 75.7 Å². The van der Waals surface area contributed by atoms with Crippen molar-refractivity contribution in [3.8, 4) is 0 Å². The van der Waals surface area contributed by atoms with E-state index >= 15 is 0 Å². The van der Waals surface area contributed by atoms with Gasteiger partial charge in [-0.25, -0.2) is 4.79 Å². The Hall–Kier alpha value is -4.10. The molecule has 0 aliphatic carbocycles. The van der Waals surface area contributed by atoms with E-state index in [-0.39, 0.29) is 23.9 Å². The van der Waals surface area contributed by atoms with Gasteiger partial charge in [-0.05, 0) is 22.8 Å². The summed E-state index contributed by atoms with van der Waals surface area (Å²) >= 11 is 1.34. The van der Waals surface area contributed by atoms with Crippen molar-refractivity contribution in [1.29, 1.82) is 0 Å². The van der Waals surface area contributed by atoms with Crippen LogP contribution in [0.15, 0.2) is 114 Å². The molecule has 1 fully saturated rings. The Bertz CT molecular complexity index is 1290. The van der Waals surface area contributed by atoms with E-state index in [0.717, 1.165) is 16.7 Å². The fraction of sp³-hybridized carbons (Fsp3) is 0.138. The third-order valence-corrected chi connectivity index (χ3v) is 7.18. The van der Waals surface area contributed by atoms with Crippen molar-refractivity contribution < 1.29 is 19.1 Å². The van der Waals surface area contributed by atoms with Gasteiger partial charge < -0.3 is 10.1 Å². The van der Waals surface area contributed by atoms with Crippen LogP contribution in [-0.2, 0) is 25.5 Å². The zero-order valence-corrected chi connectivity index (χ0v) is 20.2. The number of esters is 1. The molecular weight excluding hydrogens is 472 g/mol. The molecule has 0 spiro atoms. The van der Waals surface area contributed by atoms with Gasteiger partial charge in [0.05, 0.1) is 6.42 Å². The van der Waals surface area contributed by atoms with Crippen molar-refractivity contribution in [2.75, 3.05) is 0 Å². The molecule has 36 heavy (non-hydrogen) atoms. The van der Waals surface area contributed by atoms with E-state index in [9.17, 15) is 14.4 Å². The van der Waals surface area contributed by atoms with Crippen LogP contribution in [-0.4, -0.2) is 34.1 Å². The van der Waals surface area contributed by atoms with E-state index in [1.54, 1.807) is 6.08 Å². The number of β-lactam (4-membered cyclic amide) rings is 1. The SMILES string of the molecule is C=C1C=C(C(=O)OC(c2ccccc2)c2ccccc2)N2C(=O)C(NC(=O)Cc3ccccc3)[C@H]2S1. The summed E-state index contributed by atoms with van der Waals surface area (Å²) in [6.45, 7) is 4.00. The second-order valence-corrected chi connectivity index (χ2v) is 9.77. The zero-order chi connectivity index (χ0) is 25.1. The van der Waals surface area contributed by atoms with Gasteiger partial charge in [-0.1, -0.05) is 109 Å². The highest BCUT2D eigenvalue weighted by Gasteiger charge is 2.53. The monoisotopic (exact) mass is 496 g/mol. The number of fused-ring (bicyclic) bond motifs is 1. The number of carbonyl (C=O) groups is 3. The molecule has 0 bridgehead atoms. The lowest BCUT2D eigenvalue weighted by atomic mass is 10.0. The number of ether oxygens (including phenoxy) is 1. The van der Waals surface area contributed by atoms with Gasteiger partial charge in [0.1, 0.15) is 17.1 Å². The third-order valence-electron chi connectivity index (χ3n) is 6.04. The summed E-state index contributed by atoms with van der Waals surface area (Å²) in [6.07, 6.45) is 1.10. The number of hydrogen-bond donors (Lipinski definition) is 1. The van der Waals surface area contributed by atoms with Crippen LogP contribution in [0.4, 0.5) is 0 Å². The lowest BCUT2D eigenvalue weighted by molar-refractivity contribution is -0.154. The van der Waals surface area contributed by atoms with E-state index in [2.05, 4.69) is 11.9 Å². The molecule has 2 atom stereocenters. The van der Waals surface area contributed by atoms with Crippen molar-refractivity contribution in [3.63, 3.8) is 0 Å². The van der Waals surface area contributed by atoms with Crippen LogP contribution >= 0.6 is 11.8 Å². The van der Waals surface area contributed by atoms with E-state index in [1.165, 1.54) is 16.7 Å². The lowest BCUT2D eigenvalue weighted by Crippen LogP contribution is -2.70. The summed E-state index contributed by atoms with van der Waals surface area (Å²) in [5.74, 6) is -1.22. The first-order valence-corrected chi connectivity index (χ1v) is 12.4. The highest BCUT2D eigenvalue weighted by atomic mass is 32.2. The van der Waals surface area contributed by atoms with Gasteiger partial charge in [0.2, 0.25) is 5.91 Å². The second kappa shape index (κ2) is 10.3. The minimum Gasteiger partial charge on any atom is -0.448 e. The average molecular weight is 497 g/mol. The predicted octanol–water partition coefficient (Wildman–Crippen LogP) is 4.36. The van der Waals surface area contributed by atoms with E-state index in [0.29, 0.717) is 4.91 Å². The number of nitrogens with zero attached hydrogens (tertiary/aromatic N) is 1. The first-order valence-electron chi connectivity index (χ1n) is 11.6. The van der Waals surface area contributed by atoms with Crippen molar-refractivity contribution in [3.05, 3.63) is 131 Å². The van der Waals surface area contributed by atoms with E-state index in [4.69, 9.17) is 4.74 Å². The normalized spacial score (nSPS) is 18.7. The van der Waals surface area contributed by atoms with Crippen molar-refractivity contribution >= 4 is 29.5 Å². The highest BCUT2D eigenvalue weighted by Crippen LogP contribution is 2.43. The van der Waals surface area contributed by atoms with Crippen LogP contribution < -0.4 is 5.32 Å². The molecule has 180 valence electrons. The number of carbonyl (C=O) groups excluding carboxylic acids is 3. The fourth-order valence-electron chi connectivity index (χ4n) is 4.30. The maximum Gasteiger partial charge on any atom is 0.356 e. The molecule has 0 aromatic heterocycles. The molecule has 0 radical (unpaired) electrons. The minimum absolute atomic E-state index is 0.124. The zero-order valence-electron chi connectivity index (χ0n) is 19.4. The van der Waals surface area contributed by atoms with E-state index in [1.807, 2.05) is 91.0 Å². The Labute approximate surface area is 213 Å². The van der Waals surface area contributed by atoms with Gasteiger partial charge in [0.25, 0.3) is 5.91 Å². The molecule has 3 aromatic rings. The second-order valence-electron chi connectivity index (χ2n) is 8.53. The van der Waals surface area contributed by atoms with Gasteiger partial charge in [-0.2, -0.15) is 0 Å². The quantitative estimate of drug-likeness (QED) is 0.389. The number of nitrogens with one attached hydrogen (secondary N) is 1. The summed E-state index contributed by atoms with van der Waals surface area (Å²) < 4.78 is 5.97. The Kier molecular flexibility index (Phi) is 6.73. The van der Waals surface area contributed by atoms with Crippen LogP contribution in [0.3, 0.4) is 0 Å². The molecule has 1 saturated heterocycles. The lowest BCUT2D eigenvalue weighted by Gasteiger charge is -2.48. The van der Waals surface area contributed by atoms with Gasteiger partial charge in [0.15, 0.2) is 6.10 Å². The standard InChI is InChI=1S/C29H24N2O4S/c1-19-17-23(29(34)35-26(21-13-7-3-8-14-21)22-15-9-4-10-16-22)31-27(33)25(28(31)36-19)30-24(32)18-20-11-5-2-6-12-20/h2-17,25-26,28H,1,18H2,(H,30,32)/t25?,28-/m1/s1. The maximum absolute atomic E-state index is 13.4. The van der Waals surface area contributed by atoms with Gasteiger partial charge >= 0.3 is 5.97 Å². The predicted molar refractivity (Wildman–Crippen MR) is 138 cm³/mol. The molecule has 3 aromatic carbocycles. The minimum atomic E-state index is -0.737. The number of thioether (sulfide) groups is 1. The van der Waals surface area contributed by atoms with Crippen molar-refractivity contribution in [2.24, 2.45) is 0 Å². The maximum atomic E-state index is 13.4. The average Bonchev–Trinajstić information content (AvgIpc) is 2.91. The first-order chi connectivity index (χ1) is 17.5. The molecule has 6 nitrogen and oxygen atoms in total. The van der Waals surface area contributed by atoms with Crippen molar-refractivity contribution in [1.82, 2.24) is 10.2 Å². The molecule has 1 unspecified atom stereocenters. The van der Waals surface area contributed by atoms with Gasteiger partial charge in [-0.3, -0.25) is 14.5 Å². The van der Waals surface area contributed by atoms with Crippen LogP contribution in [0.25, 0.3) is 0 Å². The summed E-state index contributed by atoms with van der Waals surface area (Å²) in [4.78, 5) is 41.0. The molecule has 2 heterocycles. The van der Waals surface area contributed by atoms with Crippen LogP contribution in [0.2, 0.25) is 0 Å². The van der Waals surface area contributed by atoms with Crippen molar-refractivity contribution in [2.45, 2.75) is 23.9 Å². The summed E-state index contributed by atoms with van der Waals surface area (Å²) in [7, 11) is 0. The Morgan fingerprint density at radius 3 is 2.06 bits per heavy atom. The number of rotatable bonds is 7. The molecule has 2 amide bonds. The van der Waals surface area contributed by atoms with Crippen LogP contribution in [0.1, 0.15) is 22.8 Å². The van der Waals surface area contributed by atoms with Crippen LogP contribution in [0.5, 0.6) is 0 Å². The molecule has 0 saturated carbocycles. The summed E-state index contributed by atoms with van der Waals surface area (Å²) in [6, 6.07) is 27.5. The number of hydrogen-bond acceptors (Lipinski definition) is 5. The molecule has 2 aliphatic rings. The van der Waals surface area contributed by atoms with E-state index < -0.39 is 23.5 Å². The highest BCUT2D eigenvalue weighted by molar-refractivity contribution is 8.04. The number of allylic oxidation sites excluding steroid dienone is 1. The molecular formula is C29H24N2O4S. The smallest absolute Gasteiger partial charge is 0.356 e. The summed E-state index contributed by atoms with van der Waals surface area (Å²) in [5.41, 5.74) is 2.62. The third kappa shape index (κ3) is 4.83. The number of benzene rings is 3. The fourth-order valence-corrected chi connectivity index (χ4v) is 5.43. The first kappa shape index (κ1) is 23.6. The Morgan fingerprint density at radius 2 is 1.47 bits per heavy atom. The Morgan fingerprint density at radius 1 is 0.917 bits per heavy atom. The largest absolute Gasteiger partial charge is 0.448 e. The molecule has 7 heteroatoms. The number of amides is 2. The van der Waals surface area contributed by atoms with Crippen LogP contribution in [0, 0.1) is 0 Å². The molecule has 1 N–H and O–H groups in total. The molecule has 5 rings (SSSR count). The van der Waals surface area contributed by atoms with Gasteiger partial charge in [0, 0.05) is 4.91 Å².